The smallest absolute Gasteiger partial charge is 0.416 e. The number of amides is 1. The number of carbonyl (C=O) groups excluding carboxylic acids is 2. The monoisotopic (exact) mass is 472 g/mol. The van der Waals surface area contributed by atoms with Crippen molar-refractivity contribution in [2.24, 2.45) is 0 Å². The van der Waals surface area contributed by atoms with E-state index in [1.807, 2.05) is 0 Å². The predicted molar refractivity (Wildman–Crippen MR) is 119 cm³/mol. The van der Waals surface area contributed by atoms with Crippen LogP contribution in [0.25, 0.3) is 0 Å². The van der Waals surface area contributed by atoms with Gasteiger partial charge in [-0.25, -0.2) is 0 Å². The number of phenols is 1. The fourth-order valence-electron chi connectivity index (χ4n) is 4.46. The summed E-state index contributed by atoms with van der Waals surface area (Å²) in [4.78, 5) is 26.4. The summed E-state index contributed by atoms with van der Waals surface area (Å²) < 4.78 is 44.6. The standard InChI is InChI=1S/C25H23F3N2O4/c1-13-21(24(33)30-16-6-3-5-15(12-16)25(26,27)28)22(14-9-10-18(31)20(11-14)34-2)23-17(29-13)7-4-8-19(23)32/h3,5-6,9-12,22,29,31H,4,7-8H2,1-2H3,(H,30,33)/t22-/m0/s1. The van der Waals surface area contributed by atoms with E-state index >= 15 is 0 Å². The van der Waals surface area contributed by atoms with Gasteiger partial charge in [-0.3, -0.25) is 9.59 Å². The van der Waals surface area contributed by atoms with Crippen LogP contribution in [0.5, 0.6) is 11.5 Å². The maximum absolute atomic E-state index is 13.4. The number of Topliss-reactive ketones (excluding diaryl/α,β-unsaturated/α-hetero) is 1. The molecule has 1 amide bonds. The molecule has 0 saturated heterocycles. The molecule has 9 heteroatoms. The molecule has 0 aromatic heterocycles. The van der Waals surface area contributed by atoms with Gasteiger partial charge in [-0.2, -0.15) is 13.2 Å². The van der Waals surface area contributed by atoms with E-state index in [4.69, 9.17) is 4.74 Å². The lowest BCUT2D eigenvalue weighted by Gasteiger charge is -2.34. The third-order valence-electron chi connectivity index (χ3n) is 6.01. The highest BCUT2D eigenvalue weighted by molar-refractivity contribution is 6.09. The van der Waals surface area contributed by atoms with Crippen molar-refractivity contribution in [3.8, 4) is 11.5 Å². The molecule has 1 atom stereocenters. The van der Waals surface area contributed by atoms with E-state index in [2.05, 4.69) is 10.6 Å². The number of rotatable bonds is 4. The largest absolute Gasteiger partial charge is 0.504 e. The zero-order valence-corrected chi connectivity index (χ0v) is 18.5. The number of ketones is 1. The Hall–Kier alpha value is -3.75. The van der Waals surface area contributed by atoms with Gasteiger partial charge in [0.1, 0.15) is 0 Å². The first-order valence-electron chi connectivity index (χ1n) is 10.7. The third kappa shape index (κ3) is 4.37. The fraction of sp³-hybridized carbons (Fsp3) is 0.280. The lowest BCUT2D eigenvalue weighted by molar-refractivity contribution is -0.137. The number of nitrogens with one attached hydrogen (secondary N) is 2. The molecule has 4 rings (SSSR count). The number of halogens is 3. The van der Waals surface area contributed by atoms with Crippen LogP contribution in [0.4, 0.5) is 18.9 Å². The van der Waals surface area contributed by atoms with Gasteiger partial charge in [0, 0.05) is 40.6 Å². The molecule has 2 aliphatic rings. The average molecular weight is 472 g/mol. The van der Waals surface area contributed by atoms with Crippen LogP contribution in [-0.2, 0) is 15.8 Å². The third-order valence-corrected chi connectivity index (χ3v) is 6.01. The van der Waals surface area contributed by atoms with E-state index in [-0.39, 0.29) is 28.5 Å². The van der Waals surface area contributed by atoms with Crippen LogP contribution >= 0.6 is 0 Å². The summed E-state index contributed by atoms with van der Waals surface area (Å²) >= 11 is 0. The lowest BCUT2D eigenvalue weighted by Crippen LogP contribution is -2.35. The minimum absolute atomic E-state index is 0.0168. The predicted octanol–water partition coefficient (Wildman–Crippen LogP) is 5.03. The van der Waals surface area contributed by atoms with Crippen molar-refractivity contribution in [3.05, 3.63) is 76.1 Å². The van der Waals surface area contributed by atoms with E-state index in [9.17, 15) is 27.9 Å². The number of benzene rings is 2. The van der Waals surface area contributed by atoms with Crippen molar-refractivity contribution in [2.45, 2.75) is 38.3 Å². The molecule has 1 aliphatic heterocycles. The van der Waals surface area contributed by atoms with Crippen LogP contribution in [0.3, 0.4) is 0 Å². The molecule has 2 aromatic carbocycles. The topological polar surface area (TPSA) is 87.7 Å². The van der Waals surface area contributed by atoms with Gasteiger partial charge in [-0.15, -0.1) is 0 Å². The van der Waals surface area contributed by atoms with Crippen LogP contribution in [0.1, 0.15) is 43.2 Å². The quantitative estimate of drug-likeness (QED) is 0.581. The number of hydrogen-bond donors (Lipinski definition) is 3. The van der Waals surface area contributed by atoms with Crippen LogP contribution in [0.15, 0.2) is 65.0 Å². The summed E-state index contributed by atoms with van der Waals surface area (Å²) in [6.07, 6.45) is -2.92. The number of phenolic OH excluding ortho intramolecular Hbond substituents is 1. The van der Waals surface area contributed by atoms with Crippen LogP contribution in [-0.4, -0.2) is 23.9 Å². The highest BCUT2D eigenvalue weighted by atomic mass is 19.4. The first kappa shape index (κ1) is 23.4. The molecule has 34 heavy (non-hydrogen) atoms. The van der Waals surface area contributed by atoms with E-state index < -0.39 is 23.6 Å². The minimum atomic E-state index is -4.55. The number of aromatic hydroxyl groups is 1. The molecule has 0 unspecified atom stereocenters. The second-order valence-corrected chi connectivity index (χ2v) is 8.23. The fourth-order valence-corrected chi connectivity index (χ4v) is 4.46. The lowest BCUT2D eigenvalue weighted by atomic mass is 9.75. The molecule has 0 saturated carbocycles. The Bertz CT molecular complexity index is 1230. The van der Waals surface area contributed by atoms with Crippen molar-refractivity contribution in [2.75, 3.05) is 12.4 Å². The first-order chi connectivity index (χ1) is 16.1. The molecule has 1 aliphatic carbocycles. The number of hydrogen-bond acceptors (Lipinski definition) is 5. The number of alkyl halides is 3. The van der Waals surface area contributed by atoms with Crippen LogP contribution in [0.2, 0.25) is 0 Å². The first-order valence-corrected chi connectivity index (χ1v) is 10.7. The molecular weight excluding hydrogens is 449 g/mol. The Labute approximate surface area is 194 Å². The van der Waals surface area contributed by atoms with Gasteiger partial charge in [0.25, 0.3) is 5.91 Å². The Balaban J connectivity index is 1.78. The molecule has 6 nitrogen and oxygen atoms in total. The van der Waals surface area contributed by atoms with E-state index in [1.165, 1.54) is 25.3 Å². The second kappa shape index (κ2) is 8.89. The Morgan fingerprint density at radius 1 is 1.18 bits per heavy atom. The molecule has 178 valence electrons. The summed E-state index contributed by atoms with van der Waals surface area (Å²) in [6.45, 7) is 1.69. The maximum atomic E-state index is 13.4. The van der Waals surface area contributed by atoms with E-state index in [0.29, 0.717) is 36.1 Å². The summed E-state index contributed by atoms with van der Waals surface area (Å²) in [5.74, 6) is -1.44. The number of anilines is 1. The Morgan fingerprint density at radius 2 is 1.94 bits per heavy atom. The van der Waals surface area contributed by atoms with Gasteiger partial charge >= 0.3 is 6.18 Å². The summed E-state index contributed by atoms with van der Waals surface area (Å²) in [7, 11) is 1.39. The highest BCUT2D eigenvalue weighted by Gasteiger charge is 2.39. The maximum Gasteiger partial charge on any atom is 0.416 e. The summed E-state index contributed by atoms with van der Waals surface area (Å²) in [6, 6.07) is 8.95. The Kier molecular flexibility index (Phi) is 6.12. The van der Waals surface area contributed by atoms with Crippen molar-refractivity contribution < 1.29 is 32.6 Å². The zero-order chi connectivity index (χ0) is 24.6. The van der Waals surface area contributed by atoms with Crippen molar-refractivity contribution in [1.82, 2.24) is 5.32 Å². The highest BCUT2D eigenvalue weighted by Crippen LogP contribution is 2.44. The molecule has 3 N–H and O–H groups in total. The molecule has 0 spiro atoms. The van der Waals surface area contributed by atoms with Gasteiger partial charge in [-0.1, -0.05) is 12.1 Å². The SMILES string of the molecule is COc1cc([C@H]2C(C(=O)Nc3cccc(C(F)(F)F)c3)=C(C)NC3=C2C(=O)CCC3)ccc1O. The minimum Gasteiger partial charge on any atom is -0.504 e. The number of ether oxygens (including phenoxy) is 1. The average Bonchev–Trinajstić information content (AvgIpc) is 2.78. The van der Waals surface area contributed by atoms with Gasteiger partial charge in [-0.05, 0) is 55.7 Å². The van der Waals surface area contributed by atoms with Gasteiger partial charge < -0.3 is 20.5 Å². The van der Waals surface area contributed by atoms with Crippen molar-refractivity contribution in [3.63, 3.8) is 0 Å². The zero-order valence-electron chi connectivity index (χ0n) is 18.5. The van der Waals surface area contributed by atoms with Gasteiger partial charge in [0.05, 0.1) is 12.7 Å². The van der Waals surface area contributed by atoms with Crippen molar-refractivity contribution in [1.29, 1.82) is 0 Å². The number of carbonyl (C=O) groups is 2. The molecule has 2 aromatic rings. The second-order valence-electron chi connectivity index (χ2n) is 8.23. The number of allylic oxidation sites excluding steroid dienone is 3. The molecular formula is C25H23F3N2O4. The normalized spacial score (nSPS) is 18.4. The van der Waals surface area contributed by atoms with Gasteiger partial charge in [0.15, 0.2) is 17.3 Å². The van der Waals surface area contributed by atoms with Crippen molar-refractivity contribution >= 4 is 17.4 Å². The Morgan fingerprint density at radius 3 is 2.65 bits per heavy atom. The van der Waals surface area contributed by atoms with Gasteiger partial charge in [0.2, 0.25) is 0 Å². The molecule has 0 radical (unpaired) electrons. The van der Waals surface area contributed by atoms with Crippen LogP contribution < -0.4 is 15.4 Å². The van der Waals surface area contributed by atoms with E-state index in [0.717, 1.165) is 17.8 Å². The summed E-state index contributed by atoms with van der Waals surface area (Å²) in [5.41, 5.74) is 1.52. The van der Waals surface area contributed by atoms with E-state index in [1.54, 1.807) is 19.1 Å². The summed E-state index contributed by atoms with van der Waals surface area (Å²) in [5, 5.41) is 15.7. The molecule has 1 heterocycles. The number of dihydropyridines is 1. The molecule has 0 fully saturated rings. The number of methoxy groups -OCH3 is 1. The molecule has 0 bridgehead atoms. The van der Waals surface area contributed by atoms with Crippen LogP contribution in [0, 0.1) is 0 Å².